The van der Waals surface area contributed by atoms with E-state index in [0.717, 1.165) is 19.4 Å². The van der Waals surface area contributed by atoms with Gasteiger partial charge in [0.2, 0.25) is 5.95 Å². The highest BCUT2D eigenvalue weighted by molar-refractivity contribution is 5.99. The molecule has 0 bridgehead atoms. The number of carbonyl (C=O) groups is 2. The summed E-state index contributed by atoms with van der Waals surface area (Å²) in [5.41, 5.74) is 12.1. The van der Waals surface area contributed by atoms with Crippen molar-refractivity contribution in [1.82, 2.24) is 14.9 Å². The molecular weight excluding hydrogens is 458 g/mol. The summed E-state index contributed by atoms with van der Waals surface area (Å²) < 4.78 is 0. The number of carbonyl (C=O) groups excluding carboxylic acids is 2. The second-order valence-corrected chi connectivity index (χ2v) is 9.41. The number of benzene rings is 1. The number of rotatable bonds is 6. The molecule has 2 aliphatic rings. The zero-order chi connectivity index (χ0) is 23.8. The van der Waals surface area contributed by atoms with Gasteiger partial charge in [0.15, 0.2) is 0 Å². The number of primary amides is 1. The Bertz CT molecular complexity index is 1050. The lowest BCUT2D eigenvalue weighted by atomic mass is 9.84. The minimum atomic E-state index is -0.811. The van der Waals surface area contributed by atoms with Crippen molar-refractivity contribution in [3.05, 3.63) is 41.6 Å². The van der Waals surface area contributed by atoms with Gasteiger partial charge in [-0.3, -0.25) is 9.59 Å². The molecule has 0 saturated carbocycles. The number of nitrogens with zero attached hydrogens (tertiary/aromatic N) is 4. The number of piperidine rings is 1. The van der Waals surface area contributed by atoms with E-state index in [-0.39, 0.29) is 41.7 Å². The van der Waals surface area contributed by atoms with Crippen LogP contribution in [-0.2, 0) is 0 Å². The Morgan fingerprint density at radius 3 is 2.62 bits per heavy atom. The fourth-order valence-electron chi connectivity index (χ4n) is 4.13. The molecule has 1 aromatic heterocycles. The molecule has 2 amide bonds. The molecule has 11 heteroatoms. The molecule has 0 spiro atoms. The van der Waals surface area contributed by atoms with Crippen LogP contribution >= 0.6 is 12.4 Å². The van der Waals surface area contributed by atoms with Crippen LogP contribution in [-0.4, -0.2) is 69.6 Å². The highest BCUT2D eigenvalue weighted by Gasteiger charge is 2.39. The molecule has 1 unspecified atom stereocenters. The Hall–Kier alpha value is -2.95. The standard InChI is InChI=1S/C23H31N7O3.ClH/c1-23(2,33)15-11-30(12-15)21(32)14-5-3-7-17(9-14)27-20-18(19(25)31)10-26-22(28-20)29-8-4-6-16(24)13-29;/h3,5,7,9-10,15-16,33H,4,6,8,11-13,24H2,1-2H3,(H2,25,31)(H,26,27,28);1H. The average molecular weight is 490 g/mol. The highest BCUT2D eigenvalue weighted by atomic mass is 35.5. The molecule has 3 heterocycles. The van der Waals surface area contributed by atoms with Gasteiger partial charge in [0, 0.05) is 55.6 Å². The molecule has 2 saturated heterocycles. The maximum atomic E-state index is 12.9. The normalized spacial score (nSPS) is 18.6. The van der Waals surface area contributed by atoms with E-state index in [1.165, 1.54) is 6.20 Å². The van der Waals surface area contributed by atoms with Gasteiger partial charge in [-0.05, 0) is 44.9 Å². The monoisotopic (exact) mass is 489 g/mol. The molecule has 34 heavy (non-hydrogen) atoms. The Balaban J connectivity index is 0.00000324. The van der Waals surface area contributed by atoms with Crippen molar-refractivity contribution in [3.8, 4) is 0 Å². The second kappa shape index (κ2) is 10.1. The van der Waals surface area contributed by atoms with Gasteiger partial charge >= 0.3 is 0 Å². The summed E-state index contributed by atoms with van der Waals surface area (Å²) in [5.74, 6) is 0.0541. The van der Waals surface area contributed by atoms with Gasteiger partial charge in [-0.1, -0.05) is 6.07 Å². The number of amides is 2. The minimum absolute atomic E-state index is 0. The van der Waals surface area contributed by atoms with Crippen molar-refractivity contribution in [2.45, 2.75) is 38.3 Å². The summed E-state index contributed by atoms with van der Waals surface area (Å²) >= 11 is 0. The van der Waals surface area contributed by atoms with Crippen LogP contribution in [0.3, 0.4) is 0 Å². The van der Waals surface area contributed by atoms with Crippen LogP contribution in [0.4, 0.5) is 17.5 Å². The van der Waals surface area contributed by atoms with Gasteiger partial charge in [0.1, 0.15) is 11.4 Å². The van der Waals surface area contributed by atoms with Crippen molar-refractivity contribution >= 4 is 41.7 Å². The maximum absolute atomic E-state index is 12.9. The van der Waals surface area contributed by atoms with Crippen molar-refractivity contribution in [3.63, 3.8) is 0 Å². The van der Waals surface area contributed by atoms with Crippen molar-refractivity contribution in [2.24, 2.45) is 17.4 Å². The van der Waals surface area contributed by atoms with Crippen LogP contribution in [0.1, 0.15) is 47.4 Å². The molecule has 2 aromatic rings. The van der Waals surface area contributed by atoms with E-state index in [2.05, 4.69) is 15.3 Å². The van der Waals surface area contributed by atoms with Crippen LogP contribution in [0.25, 0.3) is 0 Å². The largest absolute Gasteiger partial charge is 0.390 e. The lowest BCUT2D eigenvalue weighted by molar-refractivity contribution is -0.0507. The second-order valence-electron chi connectivity index (χ2n) is 9.41. The Kier molecular flexibility index (Phi) is 7.64. The van der Waals surface area contributed by atoms with Gasteiger partial charge in [0.25, 0.3) is 11.8 Å². The number of hydrogen-bond acceptors (Lipinski definition) is 8. The van der Waals surface area contributed by atoms with Gasteiger partial charge in [-0.2, -0.15) is 4.98 Å². The van der Waals surface area contributed by atoms with Gasteiger partial charge < -0.3 is 31.7 Å². The number of nitrogens with two attached hydrogens (primary N) is 2. The number of hydrogen-bond donors (Lipinski definition) is 4. The summed E-state index contributed by atoms with van der Waals surface area (Å²) in [5, 5.41) is 13.2. The van der Waals surface area contributed by atoms with E-state index in [1.807, 2.05) is 4.90 Å². The first kappa shape index (κ1) is 25.7. The summed E-state index contributed by atoms with van der Waals surface area (Å²) in [7, 11) is 0. The van der Waals surface area contributed by atoms with Crippen molar-refractivity contribution in [1.29, 1.82) is 0 Å². The maximum Gasteiger partial charge on any atom is 0.254 e. The molecule has 1 aromatic carbocycles. The van der Waals surface area contributed by atoms with Crippen LogP contribution in [0.5, 0.6) is 0 Å². The SMILES string of the molecule is CC(C)(O)C1CN(C(=O)c2cccc(Nc3nc(N4CCCC(N)C4)ncc3C(N)=O)c2)C1.Cl. The number of likely N-dealkylation sites (tertiary alicyclic amines) is 1. The van der Waals surface area contributed by atoms with E-state index in [0.29, 0.717) is 36.8 Å². The van der Waals surface area contributed by atoms with E-state index in [1.54, 1.807) is 43.0 Å². The van der Waals surface area contributed by atoms with E-state index in [4.69, 9.17) is 11.5 Å². The topological polar surface area (TPSA) is 151 Å². The highest BCUT2D eigenvalue weighted by Crippen LogP contribution is 2.29. The van der Waals surface area contributed by atoms with Gasteiger partial charge in [-0.15, -0.1) is 12.4 Å². The zero-order valence-corrected chi connectivity index (χ0v) is 20.2. The third kappa shape index (κ3) is 5.57. The molecule has 2 aliphatic heterocycles. The summed E-state index contributed by atoms with van der Waals surface area (Å²) in [6.07, 6.45) is 3.31. The first-order valence-corrected chi connectivity index (χ1v) is 11.2. The van der Waals surface area contributed by atoms with Gasteiger partial charge in [-0.25, -0.2) is 4.98 Å². The smallest absolute Gasteiger partial charge is 0.254 e. The number of aromatic nitrogens is 2. The Labute approximate surface area is 205 Å². The van der Waals surface area contributed by atoms with E-state index >= 15 is 0 Å². The first-order valence-electron chi connectivity index (χ1n) is 11.2. The Morgan fingerprint density at radius 2 is 1.97 bits per heavy atom. The summed E-state index contributed by atoms with van der Waals surface area (Å²) in [4.78, 5) is 37.4. The molecule has 6 N–H and O–H groups in total. The number of aliphatic hydroxyl groups is 1. The number of anilines is 3. The third-order valence-corrected chi connectivity index (χ3v) is 6.32. The molecular formula is C23H32ClN7O3. The average Bonchev–Trinajstić information content (AvgIpc) is 2.71. The molecule has 184 valence electrons. The molecule has 10 nitrogen and oxygen atoms in total. The number of nitrogens with one attached hydrogen (secondary N) is 1. The van der Waals surface area contributed by atoms with E-state index in [9.17, 15) is 14.7 Å². The zero-order valence-electron chi connectivity index (χ0n) is 19.4. The fraction of sp³-hybridized carbons (Fsp3) is 0.478. The number of halogens is 1. The molecule has 0 radical (unpaired) electrons. The predicted octanol–water partition coefficient (Wildman–Crippen LogP) is 1.51. The molecule has 2 fully saturated rings. The first-order chi connectivity index (χ1) is 15.6. The van der Waals surface area contributed by atoms with E-state index < -0.39 is 11.5 Å². The van der Waals surface area contributed by atoms with Crippen LogP contribution in [0, 0.1) is 5.92 Å². The fourth-order valence-corrected chi connectivity index (χ4v) is 4.13. The molecule has 0 aliphatic carbocycles. The lowest BCUT2D eigenvalue weighted by Gasteiger charge is -2.45. The van der Waals surface area contributed by atoms with Crippen LogP contribution in [0.15, 0.2) is 30.5 Å². The minimum Gasteiger partial charge on any atom is -0.390 e. The lowest BCUT2D eigenvalue weighted by Crippen LogP contribution is -2.57. The Morgan fingerprint density at radius 1 is 1.24 bits per heavy atom. The summed E-state index contributed by atoms with van der Waals surface area (Å²) in [6.45, 7) is 5.97. The third-order valence-electron chi connectivity index (χ3n) is 6.32. The molecule has 4 rings (SSSR count). The van der Waals surface area contributed by atoms with Crippen molar-refractivity contribution < 1.29 is 14.7 Å². The quantitative estimate of drug-likeness (QED) is 0.476. The predicted molar refractivity (Wildman–Crippen MR) is 133 cm³/mol. The van der Waals surface area contributed by atoms with Gasteiger partial charge in [0.05, 0.1) is 5.60 Å². The van der Waals surface area contributed by atoms with Crippen molar-refractivity contribution in [2.75, 3.05) is 36.4 Å². The summed E-state index contributed by atoms with van der Waals surface area (Å²) in [6, 6.07) is 7.05. The molecule has 1 atom stereocenters. The van der Waals surface area contributed by atoms with Crippen LogP contribution in [0.2, 0.25) is 0 Å². The van der Waals surface area contributed by atoms with Crippen LogP contribution < -0.4 is 21.7 Å².